The smallest absolute Gasteiger partial charge is 0.409 e. The van der Waals surface area contributed by atoms with Crippen LogP contribution < -0.4 is 4.90 Å². The molecule has 0 unspecified atom stereocenters. The highest BCUT2D eigenvalue weighted by atomic mass is 16.6. The van der Waals surface area contributed by atoms with Gasteiger partial charge in [0.15, 0.2) is 0 Å². The van der Waals surface area contributed by atoms with Gasteiger partial charge >= 0.3 is 6.09 Å². The molecule has 1 aromatic rings. The van der Waals surface area contributed by atoms with E-state index in [2.05, 4.69) is 9.88 Å². The SMILES string of the molecule is CCOC(=O)N1CCN(c2ccc(C#N)cn2)CC1. The number of anilines is 1. The van der Waals surface area contributed by atoms with Gasteiger partial charge < -0.3 is 14.5 Å². The number of hydrogen-bond acceptors (Lipinski definition) is 5. The number of aromatic nitrogens is 1. The number of piperazine rings is 1. The predicted molar refractivity (Wildman–Crippen MR) is 69.8 cm³/mol. The first-order valence-corrected chi connectivity index (χ1v) is 6.27. The van der Waals surface area contributed by atoms with Gasteiger partial charge in [0.05, 0.1) is 12.2 Å². The summed E-state index contributed by atoms with van der Waals surface area (Å²) in [6, 6.07) is 5.62. The van der Waals surface area contributed by atoms with Crippen molar-refractivity contribution in [2.45, 2.75) is 6.92 Å². The van der Waals surface area contributed by atoms with Crippen molar-refractivity contribution < 1.29 is 9.53 Å². The summed E-state index contributed by atoms with van der Waals surface area (Å²) < 4.78 is 4.97. The minimum absolute atomic E-state index is 0.255. The molecule has 2 heterocycles. The second-order valence-corrected chi connectivity index (χ2v) is 4.19. The van der Waals surface area contributed by atoms with Crippen LogP contribution in [0.3, 0.4) is 0 Å². The van der Waals surface area contributed by atoms with Crippen molar-refractivity contribution in [3.05, 3.63) is 23.9 Å². The molecule has 0 saturated carbocycles. The van der Waals surface area contributed by atoms with E-state index in [9.17, 15) is 4.79 Å². The van der Waals surface area contributed by atoms with Gasteiger partial charge in [-0.2, -0.15) is 5.26 Å². The van der Waals surface area contributed by atoms with Gasteiger partial charge in [0, 0.05) is 32.4 Å². The molecule has 0 aromatic carbocycles. The van der Waals surface area contributed by atoms with Gasteiger partial charge in [-0.1, -0.05) is 0 Å². The minimum atomic E-state index is -0.255. The number of hydrogen-bond donors (Lipinski definition) is 0. The van der Waals surface area contributed by atoms with E-state index in [1.807, 2.05) is 12.1 Å². The van der Waals surface area contributed by atoms with Gasteiger partial charge in [-0.25, -0.2) is 9.78 Å². The van der Waals surface area contributed by atoms with Crippen molar-refractivity contribution >= 4 is 11.9 Å². The van der Waals surface area contributed by atoms with Crippen LogP contribution >= 0.6 is 0 Å². The van der Waals surface area contributed by atoms with Gasteiger partial charge in [0.25, 0.3) is 0 Å². The molecule has 1 amide bonds. The summed E-state index contributed by atoms with van der Waals surface area (Å²) in [5.41, 5.74) is 0.550. The van der Waals surface area contributed by atoms with Crippen LogP contribution in [0.25, 0.3) is 0 Å². The first kappa shape index (κ1) is 13.1. The van der Waals surface area contributed by atoms with Gasteiger partial charge in [-0.05, 0) is 19.1 Å². The lowest BCUT2D eigenvalue weighted by atomic mass is 10.3. The third-order valence-electron chi connectivity index (χ3n) is 3.01. The van der Waals surface area contributed by atoms with Crippen molar-refractivity contribution in [1.82, 2.24) is 9.88 Å². The topological polar surface area (TPSA) is 69.5 Å². The molecule has 0 spiro atoms. The Morgan fingerprint density at radius 1 is 1.42 bits per heavy atom. The Balaban J connectivity index is 1.92. The van der Waals surface area contributed by atoms with Gasteiger partial charge in [0.1, 0.15) is 11.9 Å². The second-order valence-electron chi connectivity index (χ2n) is 4.19. The number of nitriles is 1. The third-order valence-corrected chi connectivity index (χ3v) is 3.01. The van der Waals surface area contributed by atoms with Crippen LogP contribution in [-0.4, -0.2) is 48.8 Å². The minimum Gasteiger partial charge on any atom is -0.450 e. The molecule has 0 aliphatic carbocycles. The summed E-state index contributed by atoms with van der Waals surface area (Å²) in [5, 5.41) is 8.72. The standard InChI is InChI=1S/C13H16N4O2/c1-2-19-13(18)17-7-5-16(6-8-17)12-4-3-11(9-14)10-15-12/h3-4,10H,2,5-8H2,1H3. The van der Waals surface area contributed by atoms with E-state index >= 15 is 0 Å². The maximum Gasteiger partial charge on any atom is 0.409 e. The number of rotatable bonds is 2. The average Bonchev–Trinajstić information content (AvgIpc) is 2.48. The first-order chi connectivity index (χ1) is 9.24. The molecule has 0 radical (unpaired) electrons. The fourth-order valence-corrected chi connectivity index (χ4v) is 1.97. The van der Waals surface area contributed by atoms with Gasteiger partial charge in [-0.3, -0.25) is 0 Å². The first-order valence-electron chi connectivity index (χ1n) is 6.27. The van der Waals surface area contributed by atoms with Crippen molar-refractivity contribution in [1.29, 1.82) is 5.26 Å². The summed E-state index contributed by atoms with van der Waals surface area (Å²) in [6.45, 7) is 4.89. The van der Waals surface area contributed by atoms with Crippen LogP contribution in [0.1, 0.15) is 12.5 Å². The molecule has 0 atom stereocenters. The van der Waals surface area contributed by atoms with Crippen molar-refractivity contribution in [2.75, 3.05) is 37.7 Å². The molecule has 0 bridgehead atoms. The van der Waals surface area contributed by atoms with Crippen molar-refractivity contribution in [3.8, 4) is 6.07 Å². The van der Waals surface area contributed by atoms with Crippen LogP contribution in [0.5, 0.6) is 0 Å². The second kappa shape index (κ2) is 6.05. The highest BCUT2D eigenvalue weighted by Gasteiger charge is 2.22. The number of carbonyl (C=O) groups excluding carboxylic acids is 1. The lowest BCUT2D eigenvalue weighted by molar-refractivity contribution is 0.105. The van der Waals surface area contributed by atoms with Crippen molar-refractivity contribution in [2.24, 2.45) is 0 Å². The van der Waals surface area contributed by atoms with Crippen LogP contribution in [0.2, 0.25) is 0 Å². The lowest BCUT2D eigenvalue weighted by Gasteiger charge is -2.34. The Labute approximate surface area is 112 Å². The Morgan fingerprint density at radius 3 is 2.68 bits per heavy atom. The monoisotopic (exact) mass is 260 g/mol. The molecule has 100 valence electrons. The lowest BCUT2D eigenvalue weighted by Crippen LogP contribution is -2.49. The Kier molecular flexibility index (Phi) is 4.18. The Hall–Kier alpha value is -2.29. The van der Waals surface area contributed by atoms with Crippen LogP contribution in [0.4, 0.5) is 10.6 Å². The molecule has 1 saturated heterocycles. The average molecular weight is 260 g/mol. The van der Waals surface area contributed by atoms with Crippen molar-refractivity contribution in [3.63, 3.8) is 0 Å². The number of ether oxygens (including phenoxy) is 1. The van der Waals surface area contributed by atoms with E-state index in [1.165, 1.54) is 0 Å². The van der Waals surface area contributed by atoms with E-state index in [0.717, 1.165) is 18.9 Å². The van der Waals surface area contributed by atoms with Crippen LogP contribution in [0.15, 0.2) is 18.3 Å². The normalized spacial score (nSPS) is 14.9. The van der Waals surface area contributed by atoms with E-state index in [1.54, 1.807) is 24.1 Å². The fraction of sp³-hybridized carbons (Fsp3) is 0.462. The summed E-state index contributed by atoms with van der Waals surface area (Å²) in [4.78, 5) is 19.6. The number of pyridine rings is 1. The van der Waals surface area contributed by atoms with E-state index < -0.39 is 0 Å². The molecule has 6 heteroatoms. The number of nitrogens with zero attached hydrogens (tertiary/aromatic N) is 4. The fourth-order valence-electron chi connectivity index (χ4n) is 1.97. The summed E-state index contributed by atoms with van der Waals surface area (Å²) in [6.07, 6.45) is 1.31. The molecule has 19 heavy (non-hydrogen) atoms. The molecule has 1 aliphatic heterocycles. The Bertz CT molecular complexity index is 472. The maximum absolute atomic E-state index is 11.6. The summed E-state index contributed by atoms with van der Waals surface area (Å²) in [7, 11) is 0. The zero-order chi connectivity index (χ0) is 13.7. The van der Waals surface area contributed by atoms with Crippen LogP contribution in [0, 0.1) is 11.3 Å². The largest absolute Gasteiger partial charge is 0.450 e. The molecule has 1 aliphatic rings. The predicted octanol–water partition coefficient (Wildman–Crippen LogP) is 1.23. The highest BCUT2D eigenvalue weighted by molar-refractivity contribution is 5.68. The molecule has 6 nitrogen and oxygen atoms in total. The zero-order valence-corrected chi connectivity index (χ0v) is 10.9. The zero-order valence-electron chi connectivity index (χ0n) is 10.9. The molecular formula is C13H16N4O2. The van der Waals surface area contributed by atoms with E-state index in [4.69, 9.17) is 10.00 Å². The quantitative estimate of drug-likeness (QED) is 0.800. The molecule has 0 N–H and O–H groups in total. The highest BCUT2D eigenvalue weighted by Crippen LogP contribution is 2.14. The third kappa shape index (κ3) is 3.13. The van der Waals surface area contributed by atoms with E-state index in [-0.39, 0.29) is 6.09 Å². The van der Waals surface area contributed by atoms with Gasteiger partial charge in [0.2, 0.25) is 0 Å². The van der Waals surface area contributed by atoms with Gasteiger partial charge in [-0.15, -0.1) is 0 Å². The maximum atomic E-state index is 11.6. The number of amides is 1. The van der Waals surface area contributed by atoms with Crippen LogP contribution in [-0.2, 0) is 4.74 Å². The summed E-state index contributed by atoms with van der Waals surface area (Å²) >= 11 is 0. The molecular weight excluding hydrogens is 244 g/mol. The molecule has 2 rings (SSSR count). The van der Waals surface area contributed by atoms with E-state index in [0.29, 0.717) is 25.3 Å². The Morgan fingerprint density at radius 2 is 2.16 bits per heavy atom. The number of carbonyl (C=O) groups is 1. The summed E-state index contributed by atoms with van der Waals surface area (Å²) in [5.74, 6) is 0.836. The molecule has 1 fully saturated rings. The molecule has 1 aromatic heterocycles.